The second kappa shape index (κ2) is 12.7. The predicted octanol–water partition coefficient (Wildman–Crippen LogP) is 4.60. The van der Waals surface area contributed by atoms with Crippen LogP contribution >= 0.6 is 45.9 Å². The van der Waals surface area contributed by atoms with E-state index in [1.54, 1.807) is 44.6 Å². The third kappa shape index (κ3) is 7.32. The first-order chi connectivity index (χ1) is 17.4. The van der Waals surface area contributed by atoms with E-state index < -0.39 is 11.5 Å². The molecule has 2 unspecified atom stereocenters. The van der Waals surface area contributed by atoms with Gasteiger partial charge in [-0.05, 0) is 53.4 Å². The summed E-state index contributed by atoms with van der Waals surface area (Å²) >= 11 is 15.6. The van der Waals surface area contributed by atoms with Crippen LogP contribution in [-0.2, 0) is 33.6 Å². The predicted molar refractivity (Wildman–Crippen MR) is 146 cm³/mol. The smallest absolute Gasteiger partial charge is 0.246 e. The molecule has 2 aromatic heterocycles. The summed E-state index contributed by atoms with van der Waals surface area (Å²) < 4.78 is 0. The van der Waals surface area contributed by atoms with Crippen LogP contribution < -0.4 is 5.32 Å². The standard InChI is InChI=1S/C26H27Cl2N3O3S2/c27-19-7-5-18(6-8-19)15-23(28)29-24(32)16-22-26(34)30(11-9-20-3-1-13-35-20)17-25(33)31(22)12-10-21-4-2-14-36-21/h1-8,13-14,22-23H,9-12,15-17H2,(H,29,32). The number of nitrogens with one attached hydrogen (secondary N) is 1. The highest BCUT2D eigenvalue weighted by Crippen LogP contribution is 2.20. The number of hydrogen-bond donors (Lipinski definition) is 1. The largest absolute Gasteiger partial charge is 0.340 e. The van der Waals surface area contributed by atoms with Gasteiger partial charge in [0.1, 0.15) is 11.5 Å². The lowest BCUT2D eigenvalue weighted by atomic mass is 10.0. The Bertz CT molecular complexity index is 1150. The lowest BCUT2D eigenvalue weighted by Crippen LogP contribution is -2.61. The number of halogens is 2. The van der Waals surface area contributed by atoms with Gasteiger partial charge < -0.3 is 15.1 Å². The van der Waals surface area contributed by atoms with Crippen LogP contribution in [0.2, 0.25) is 5.02 Å². The first-order valence-electron chi connectivity index (χ1n) is 11.7. The number of alkyl halides is 1. The molecule has 0 spiro atoms. The molecule has 0 aliphatic carbocycles. The summed E-state index contributed by atoms with van der Waals surface area (Å²) in [5, 5.41) is 7.37. The Morgan fingerprint density at radius 1 is 1.00 bits per heavy atom. The molecule has 3 amide bonds. The number of carbonyl (C=O) groups excluding carboxylic acids is 3. The van der Waals surface area contributed by atoms with Gasteiger partial charge >= 0.3 is 0 Å². The Balaban J connectivity index is 1.41. The van der Waals surface area contributed by atoms with E-state index in [2.05, 4.69) is 5.32 Å². The van der Waals surface area contributed by atoms with Gasteiger partial charge in [-0.2, -0.15) is 0 Å². The van der Waals surface area contributed by atoms with Crippen LogP contribution in [0.15, 0.2) is 59.3 Å². The fourth-order valence-corrected chi connectivity index (χ4v) is 6.01. The molecule has 3 heterocycles. The van der Waals surface area contributed by atoms with Gasteiger partial charge in [0.05, 0.1) is 13.0 Å². The SMILES string of the molecule is O=C(CC1C(=O)N(CCc2cccs2)CC(=O)N1CCc1cccs1)NC(Cl)Cc1ccc(Cl)cc1. The molecule has 3 aromatic rings. The number of hydrogen-bond acceptors (Lipinski definition) is 5. The van der Waals surface area contributed by atoms with Gasteiger partial charge in [-0.15, -0.1) is 22.7 Å². The van der Waals surface area contributed by atoms with Crippen molar-refractivity contribution >= 4 is 63.6 Å². The van der Waals surface area contributed by atoms with Gasteiger partial charge in [-0.25, -0.2) is 0 Å². The fraction of sp³-hybridized carbons (Fsp3) is 0.346. The topological polar surface area (TPSA) is 69.7 Å². The molecule has 1 fully saturated rings. The summed E-state index contributed by atoms with van der Waals surface area (Å²) in [6.07, 6.45) is 1.60. The van der Waals surface area contributed by atoms with E-state index in [-0.39, 0.29) is 30.7 Å². The molecule has 6 nitrogen and oxygen atoms in total. The molecule has 2 atom stereocenters. The van der Waals surface area contributed by atoms with Crippen molar-refractivity contribution < 1.29 is 14.4 Å². The zero-order valence-electron chi connectivity index (χ0n) is 19.6. The highest BCUT2D eigenvalue weighted by atomic mass is 35.5. The molecular weight excluding hydrogens is 537 g/mol. The summed E-state index contributed by atoms with van der Waals surface area (Å²) in [5.41, 5.74) is 0.281. The number of thiophene rings is 2. The quantitative estimate of drug-likeness (QED) is 0.274. The van der Waals surface area contributed by atoms with E-state index in [1.807, 2.05) is 47.2 Å². The molecule has 4 rings (SSSR count). The Labute approximate surface area is 228 Å². The average Bonchev–Trinajstić information content (AvgIpc) is 3.56. The van der Waals surface area contributed by atoms with Crippen LogP contribution in [-0.4, -0.2) is 58.7 Å². The van der Waals surface area contributed by atoms with Crippen molar-refractivity contribution in [2.45, 2.75) is 37.2 Å². The van der Waals surface area contributed by atoms with Crippen LogP contribution in [0.3, 0.4) is 0 Å². The fourth-order valence-electron chi connectivity index (χ4n) is 4.19. The zero-order chi connectivity index (χ0) is 25.5. The summed E-state index contributed by atoms with van der Waals surface area (Å²) in [5.74, 6) is -0.702. The van der Waals surface area contributed by atoms with Crippen LogP contribution in [0.25, 0.3) is 0 Å². The monoisotopic (exact) mass is 563 g/mol. The van der Waals surface area contributed by atoms with Crippen molar-refractivity contribution in [3.05, 3.63) is 79.6 Å². The van der Waals surface area contributed by atoms with Crippen LogP contribution in [0.4, 0.5) is 0 Å². The normalized spacial score (nSPS) is 16.9. The van der Waals surface area contributed by atoms with Crippen molar-refractivity contribution in [3.8, 4) is 0 Å². The van der Waals surface area contributed by atoms with E-state index in [1.165, 1.54) is 0 Å². The van der Waals surface area contributed by atoms with E-state index in [0.29, 0.717) is 37.4 Å². The molecule has 1 N–H and O–H groups in total. The van der Waals surface area contributed by atoms with Gasteiger partial charge in [-0.3, -0.25) is 14.4 Å². The molecule has 0 saturated carbocycles. The van der Waals surface area contributed by atoms with E-state index in [0.717, 1.165) is 15.3 Å². The van der Waals surface area contributed by atoms with E-state index in [4.69, 9.17) is 23.2 Å². The minimum absolute atomic E-state index is 0.0292. The van der Waals surface area contributed by atoms with Gasteiger partial charge in [0.25, 0.3) is 0 Å². The molecule has 36 heavy (non-hydrogen) atoms. The average molecular weight is 565 g/mol. The summed E-state index contributed by atoms with van der Waals surface area (Å²) in [6.45, 7) is 0.856. The Morgan fingerprint density at radius 2 is 1.64 bits per heavy atom. The third-order valence-corrected chi connectivity index (χ3v) is 8.42. The number of rotatable bonds is 11. The molecule has 1 saturated heterocycles. The molecule has 1 aromatic carbocycles. The molecule has 0 radical (unpaired) electrons. The van der Waals surface area contributed by atoms with Crippen LogP contribution in [0.5, 0.6) is 0 Å². The lowest BCUT2D eigenvalue weighted by molar-refractivity contribution is -0.157. The zero-order valence-corrected chi connectivity index (χ0v) is 22.7. The second-order valence-electron chi connectivity index (χ2n) is 8.59. The number of carbonyl (C=O) groups is 3. The third-order valence-electron chi connectivity index (χ3n) is 6.03. The molecule has 10 heteroatoms. The maximum atomic E-state index is 13.5. The van der Waals surface area contributed by atoms with Gasteiger partial charge in [0.15, 0.2) is 0 Å². The van der Waals surface area contributed by atoms with E-state index in [9.17, 15) is 14.4 Å². The van der Waals surface area contributed by atoms with Gasteiger partial charge in [-0.1, -0.05) is 47.5 Å². The molecule has 190 valence electrons. The second-order valence-corrected chi connectivity index (χ2v) is 11.6. The van der Waals surface area contributed by atoms with Crippen molar-refractivity contribution in [1.29, 1.82) is 0 Å². The highest BCUT2D eigenvalue weighted by Gasteiger charge is 2.40. The Morgan fingerprint density at radius 3 is 2.25 bits per heavy atom. The number of piperazine rings is 1. The molecular formula is C26H27Cl2N3O3S2. The summed E-state index contributed by atoms with van der Waals surface area (Å²) in [7, 11) is 0. The summed E-state index contributed by atoms with van der Waals surface area (Å²) in [6, 6.07) is 14.3. The van der Waals surface area contributed by atoms with E-state index >= 15 is 0 Å². The van der Waals surface area contributed by atoms with Gasteiger partial charge in [0, 0.05) is 34.3 Å². The maximum absolute atomic E-state index is 13.5. The first-order valence-corrected chi connectivity index (χ1v) is 14.3. The number of benzene rings is 1. The number of amides is 3. The van der Waals surface area contributed by atoms with Gasteiger partial charge in [0.2, 0.25) is 17.7 Å². The lowest BCUT2D eigenvalue weighted by Gasteiger charge is -2.40. The first kappa shape index (κ1) is 26.7. The highest BCUT2D eigenvalue weighted by molar-refractivity contribution is 7.10. The maximum Gasteiger partial charge on any atom is 0.246 e. The Kier molecular flexibility index (Phi) is 9.42. The molecule has 1 aliphatic heterocycles. The number of nitrogens with zero attached hydrogens (tertiary/aromatic N) is 2. The van der Waals surface area contributed by atoms with Crippen molar-refractivity contribution in [1.82, 2.24) is 15.1 Å². The van der Waals surface area contributed by atoms with Crippen LogP contribution in [0.1, 0.15) is 21.7 Å². The summed E-state index contributed by atoms with van der Waals surface area (Å²) in [4.78, 5) is 44.9. The minimum Gasteiger partial charge on any atom is -0.340 e. The van der Waals surface area contributed by atoms with Crippen LogP contribution in [0, 0.1) is 0 Å². The molecule has 1 aliphatic rings. The molecule has 0 bridgehead atoms. The van der Waals surface area contributed by atoms with Crippen molar-refractivity contribution in [2.75, 3.05) is 19.6 Å². The van der Waals surface area contributed by atoms with Crippen molar-refractivity contribution in [2.24, 2.45) is 0 Å². The van der Waals surface area contributed by atoms with Crippen molar-refractivity contribution in [3.63, 3.8) is 0 Å². The minimum atomic E-state index is -0.853. The Hall–Kier alpha value is -2.39.